The lowest BCUT2D eigenvalue weighted by atomic mass is 9.87. The van der Waals surface area contributed by atoms with Crippen molar-refractivity contribution in [3.63, 3.8) is 0 Å². The van der Waals surface area contributed by atoms with Crippen molar-refractivity contribution >= 4 is 21.7 Å². The summed E-state index contributed by atoms with van der Waals surface area (Å²) in [6.07, 6.45) is 2.86. The molecule has 0 spiro atoms. The lowest BCUT2D eigenvalue weighted by Gasteiger charge is -2.31. The van der Waals surface area contributed by atoms with Crippen LogP contribution in [0.4, 0.5) is 5.82 Å². The molecule has 4 rings (SSSR count). The van der Waals surface area contributed by atoms with Gasteiger partial charge in [0, 0.05) is 19.2 Å². The maximum Gasteiger partial charge on any atom is 0.248 e. The number of carbonyl (C=O) groups excluding carboxylic acids is 1. The molecule has 9 nitrogen and oxygen atoms in total. The first-order chi connectivity index (χ1) is 16.5. The molecule has 10 heteroatoms. The molecule has 0 bridgehead atoms. The van der Waals surface area contributed by atoms with E-state index in [0.717, 1.165) is 5.56 Å². The Bertz CT molecular complexity index is 1280. The van der Waals surface area contributed by atoms with Crippen LogP contribution in [-0.2, 0) is 26.8 Å². The van der Waals surface area contributed by atoms with Crippen molar-refractivity contribution in [2.45, 2.75) is 64.3 Å². The number of piperidine rings is 1. The highest BCUT2D eigenvalue weighted by Gasteiger charge is 2.36. The summed E-state index contributed by atoms with van der Waals surface area (Å²) in [5.74, 6) is 0.163. The third-order valence-electron chi connectivity index (χ3n) is 6.44. The van der Waals surface area contributed by atoms with Crippen LogP contribution in [0, 0.1) is 19.8 Å². The van der Waals surface area contributed by atoms with Gasteiger partial charge in [-0.3, -0.25) is 4.79 Å². The van der Waals surface area contributed by atoms with Gasteiger partial charge in [0.05, 0.1) is 18.7 Å². The number of benzene rings is 1. The highest BCUT2D eigenvalue weighted by atomic mass is 32.2. The maximum absolute atomic E-state index is 13.2. The van der Waals surface area contributed by atoms with Gasteiger partial charge in [-0.1, -0.05) is 50.2 Å². The average molecular weight is 500 g/mol. The summed E-state index contributed by atoms with van der Waals surface area (Å²) < 4.78 is 34.6. The van der Waals surface area contributed by atoms with Crippen LogP contribution in [-0.4, -0.2) is 46.7 Å². The Morgan fingerprint density at radius 1 is 1.17 bits per heavy atom. The van der Waals surface area contributed by atoms with E-state index in [1.54, 1.807) is 30.8 Å². The number of anilines is 1. The van der Waals surface area contributed by atoms with Gasteiger partial charge in [0.25, 0.3) is 0 Å². The van der Waals surface area contributed by atoms with Gasteiger partial charge in [-0.15, -0.1) is 0 Å². The molecule has 188 valence electrons. The fraction of sp³-hybridized carbons (Fsp3) is 0.480. The van der Waals surface area contributed by atoms with Crippen LogP contribution in [0.25, 0.3) is 0 Å². The zero-order chi connectivity index (χ0) is 25.4. The van der Waals surface area contributed by atoms with Crippen molar-refractivity contribution in [2.75, 3.05) is 18.4 Å². The molecule has 3 heterocycles. The minimum atomic E-state index is -3.79. The van der Waals surface area contributed by atoms with Gasteiger partial charge in [-0.05, 0) is 43.2 Å². The number of rotatable bonds is 6. The molecule has 0 radical (unpaired) electrons. The molecule has 1 saturated heterocycles. The van der Waals surface area contributed by atoms with Crippen LogP contribution in [0.5, 0.6) is 0 Å². The van der Waals surface area contributed by atoms with E-state index in [1.165, 1.54) is 9.87 Å². The first kappa shape index (κ1) is 25.1. The van der Waals surface area contributed by atoms with E-state index < -0.39 is 15.9 Å². The number of nitrogens with one attached hydrogen (secondary N) is 1. The van der Waals surface area contributed by atoms with Gasteiger partial charge in [0.1, 0.15) is 16.4 Å². The quantitative estimate of drug-likeness (QED) is 0.551. The van der Waals surface area contributed by atoms with E-state index >= 15 is 0 Å². The maximum atomic E-state index is 13.2. The normalized spacial score (nSPS) is 17.5. The topological polar surface area (TPSA) is 110 Å². The van der Waals surface area contributed by atoms with Crippen molar-refractivity contribution in [1.82, 2.24) is 19.2 Å². The van der Waals surface area contributed by atoms with Crippen LogP contribution < -0.4 is 5.32 Å². The number of aryl methyl sites for hydroxylation is 2. The summed E-state index contributed by atoms with van der Waals surface area (Å²) in [5, 5.41) is 11.1. The number of hydrogen-bond acceptors (Lipinski definition) is 6. The molecule has 1 unspecified atom stereocenters. The smallest absolute Gasteiger partial charge is 0.248 e. The minimum Gasteiger partial charge on any atom is -0.360 e. The molecule has 1 aliphatic rings. The monoisotopic (exact) mass is 499 g/mol. The van der Waals surface area contributed by atoms with Crippen LogP contribution >= 0.6 is 0 Å². The highest BCUT2D eigenvalue weighted by Crippen LogP contribution is 2.28. The molecular weight excluding hydrogens is 466 g/mol. The van der Waals surface area contributed by atoms with Gasteiger partial charge in [0.15, 0.2) is 5.76 Å². The summed E-state index contributed by atoms with van der Waals surface area (Å²) in [7, 11) is -3.79. The van der Waals surface area contributed by atoms with Crippen molar-refractivity contribution in [2.24, 2.45) is 5.92 Å². The molecular formula is C25H33N5O4S. The zero-order valence-electron chi connectivity index (χ0n) is 20.9. The number of nitrogens with zero attached hydrogens (tertiary/aromatic N) is 4. The molecule has 0 saturated carbocycles. The third-order valence-corrected chi connectivity index (χ3v) is 8.55. The first-order valence-corrected chi connectivity index (χ1v) is 13.3. The average Bonchev–Trinajstić information content (AvgIpc) is 3.39. The van der Waals surface area contributed by atoms with Crippen LogP contribution in [0.15, 0.2) is 45.9 Å². The molecule has 1 aromatic carbocycles. The van der Waals surface area contributed by atoms with Gasteiger partial charge < -0.3 is 9.84 Å². The predicted octanol–water partition coefficient (Wildman–Crippen LogP) is 3.87. The number of hydrogen-bond donors (Lipinski definition) is 1. The summed E-state index contributed by atoms with van der Waals surface area (Å²) >= 11 is 0. The second-order valence-corrected chi connectivity index (χ2v) is 12.0. The lowest BCUT2D eigenvalue weighted by Crippen LogP contribution is -2.44. The fourth-order valence-electron chi connectivity index (χ4n) is 4.42. The third kappa shape index (κ3) is 5.33. The summed E-state index contributed by atoms with van der Waals surface area (Å²) in [6.45, 7) is 10.7. The standard InChI is InChI=1S/C25H33N5O4S/c1-17-23(18(2)34-28-17)35(32,33)29-14-6-7-20(16-29)24(31)27-22-12-13-26-30(22)15-19-8-10-21(11-9-19)25(3,4)5/h8-13,20H,6-7,14-16H2,1-5H3,(H,27,31). The zero-order valence-corrected chi connectivity index (χ0v) is 21.7. The Morgan fingerprint density at radius 3 is 2.51 bits per heavy atom. The van der Waals surface area contributed by atoms with Crippen LogP contribution in [0.3, 0.4) is 0 Å². The number of amides is 1. The van der Waals surface area contributed by atoms with E-state index in [1.807, 2.05) is 0 Å². The number of aromatic nitrogens is 3. The summed E-state index contributed by atoms with van der Waals surface area (Å²) in [4.78, 5) is 13.2. The Morgan fingerprint density at radius 2 is 1.89 bits per heavy atom. The molecule has 3 aromatic rings. The van der Waals surface area contributed by atoms with E-state index in [4.69, 9.17) is 4.52 Å². The van der Waals surface area contributed by atoms with Crippen molar-refractivity contribution in [1.29, 1.82) is 0 Å². The first-order valence-electron chi connectivity index (χ1n) is 11.8. The van der Waals surface area contributed by atoms with Crippen molar-refractivity contribution in [3.05, 3.63) is 59.1 Å². The van der Waals surface area contributed by atoms with E-state index in [9.17, 15) is 13.2 Å². The van der Waals surface area contributed by atoms with Crippen LogP contribution in [0.2, 0.25) is 0 Å². The minimum absolute atomic E-state index is 0.0796. The number of sulfonamides is 1. The number of carbonyl (C=O) groups is 1. The molecule has 1 amide bonds. The lowest BCUT2D eigenvalue weighted by molar-refractivity contribution is -0.120. The van der Waals surface area contributed by atoms with Crippen molar-refractivity contribution < 1.29 is 17.7 Å². The Labute approximate surface area is 206 Å². The predicted molar refractivity (Wildman–Crippen MR) is 133 cm³/mol. The van der Waals surface area contributed by atoms with Gasteiger partial charge in [-0.25, -0.2) is 13.1 Å². The van der Waals surface area contributed by atoms with E-state index in [-0.39, 0.29) is 28.5 Å². The SMILES string of the molecule is Cc1noc(C)c1S(=O)(=O)N1CCCC(C(=O)Nc2ccnn2Cc2ccc(C(C)(C)C)cc2)C1. The largest absolute Gasteiger partial charge is 0.360 e. The fourth-order valence-corrected chi connectivity index (χ4v) is 6.24. The molecule has 1 atom stereocenters. The summed E-state index contributed by atoms with van der Waals surface area (Å²) in [5.41, 5.74) is 2.74. The molecule has 2 aromatic heterocycles. The second kappa shape index (κ2) is 9.58. The van der Waals surface area contributed by atoms with Gasteiger partial charge in [-0.2, -0.15) is 9.40 Å². The Hall–Kier alpha value is -2.98. The van der Waals surface area contributed by atoms with Gasteiger partial charge in [0.2, 0.25) is 15.9 Å². The van der Waals surface area contributed by atoms with E-state index in [0.29, 0.717) is 37.4 Å². The van der Waals surface area contributed by atoms with Crippen molar-refractivity contribution in [3.8, 4) is 0 Å². The Kier molecular flexibility index (Phi) is 6.88. The molecule has 35 heavy (non-hydrogen) atoms. The molecule has 1 aliphatic heterocycles. The van der Waals surface area contributed by atoms with Crippen LogP contribution in [0.1, 0.15) is 56.2 Å². The van der Waals surface area contributed by atoms with Gasteiger partial charge >= 0.3 is 0 Å². The molecule has 0 aliphatic carbocycles. The molecule has 1 N–H and O–H groups in total. The molecule has 1 fully saturated rings. The highest BCUT2D eigenvalue weighted by molar-refractivity contribution is 7.89. The van der Waals surface area contributed by atoms with E-state index in [2.05, 4.69) is 60.6 Å². The second-order valence-electron chi connectivity index (χ2n) is 10.2. The Balaban J connectivity index is 1.44. The summed E-state index contributed by atoms with van der Waals surface area (Å²) in [6, 6.07) is 10.1.